The van der Waals surface area contributed by atoms with Crippen LogP contribution in [0.2, 0.25) is 0 Å². The van der Waals surface area contributed by atoms with E-state index in [0.29, 0.717) is 13.2 Å². The SMILES string of the molecule is CC(C)Oc1ccc(C(C)NC(=O)C2CCOCC2)cc1. The predicted octanol–water partition coefficient (Wildman–Crippen LogP) is 3.08. The van der Waals surface area contributed by atoms with Crippen molar-refractivity contribution >= 4 is 5.91 Å². The molecule has 1 unspecified atom stereocenters. The molecular formula is C17H25NO3. The van der Waals surface area contributed by atoms with Gasteiger partial charge in [0.25, 0.3) is 0 Å². The zero-order valence-electron chi connectivity index (χ0n) is 13.1. The minimum Gasteiger partial charge on any atom is -0.491 e. The Morgan fingerprint density at radius 1 is 1.19 bits per heavy atom. The molecule has 1 saturated heterocycles. The maximum Gasteiger partial charge on any atom is 0.223 e. The van der Waals surface area contributed by atoms with E-state index in [2.05, 4.69) is 5.32 Å². The Hall–Kier alpha value is -1.55. The van der Waals surface area contributed by atoms with Gasteiger partial charge in [-0.3, -0.25) is 4.79 Å². The molecule has 0 spiro atoms. The van der Waals surface area contributed by atoms with E-state index in [1.807, 2.05) is 45.0 Å². The molecule has 1 aromatic rings. The number of hydrogen-bond acceptors (Lipinski definition) is 3. The summed E-state index contributed by atoms with van der Waals surface area (Å²) in [6.45, 7) is 7.40. The third kappa shape index (κ3) is 4.74. The molecule has 0 bridgehead atoms. The minimum absolute atomic E-state index is 0.00782. The van der Waals surface area contributed by atoms with Crippen LogP contribution in [0, 0.1) is 5.92 Å². The number of ether oxygens (including phenoxy) is 2. The quantitative estimate of drug-likeness (QED) is 0.907. The van der Waals surface area contributed by atoms with E-state index in [0.717, 1.165) is 24.2 Å². The van der Waals surface area contributed by atoms with E-state index in [-0.39, 0.29) is 24.0 Å². The molecule has 116 valence electrons. The number of carbonyl (C=O) groups is 1. The highest BCUT2D eigenvalue weighted by molar-refractivity contribution is 5.79. The maximum absolute atomic E-state index is 12.2. The molecule has 1 atom stereocenters. The smallest absolute Gasteiger partial charge is 0.223 e. The van der Waals surface area contributed by atoms with Gasteiger partial charge in [-0.25, -0.2) is 0 Å². The molecule has 1 N–H and O–H groups in total. The van der Waals surface area contributed by atoms with Gasteiger partial charge in [0.2, 0.25) is 5.91 Å². The fourth-order valence-corrected chi connectivity index (χ4v) is 2.48. The second kappa shape index (κ2) is 7.46. The van der Waals surface area contributed by atoms with Crippen LogP contribution in [0.25, 0.3) is 0 Å². The van der Waals surface area contributed by atoms with Gasteiger partial charge in [0.05, 0.1) is 12.1 Å². The standard InChI is InChI=1S/C17H25NO3/c1-12(2)21-16-6-4-14(5-7-16)13(3)18-17(19)15-8-10-20-11-9-15/h4-7,12-13,15H,8-11H2,1-3H3,(H,18,19). The summed E-state index contributed by atoms with van der Waals surface area (Å²) < 4.78 is 10.9. The molecule has 0 aliphatic carbocycles. The van der Waals surface area contributed by atoms with Crippen molar-refractivity contribution in [2.45, 2.75) is 45.8 Å². The van der Waals surface area contributed by atoms with Crippen molar-refractivity contribution < 1.29 is 14.3 Å². The molecule has 1 aliphatic heterocycles. The minimum atomic E-state index is 0.00782. The van der Waals surface area contributed by atoms with Crippen LogP contribution in [0.5, 0.6) is 5.75 Å². The monoisotopic (exact) mass is 291 g/mol. The molecule has 0 aromatic heterocycles. The molecule has 4 heteroatoms. The number of benzene rings is 1. The number of carbonyl (C=O) groups excluding carboxylic acids is 1. The summed E-state index contributed by atoms with van der Waals surface area (Å²) in [7, 11) is 0. The highest BCUT2D eigenvalue weighted by Crippen LogP contribution is 2.20. The molecule has 0 saturated carbocycles. The molecule has 0 radical (unpaired) electrons. The second-order valence-corrected chi connectivity index (χ2v) is 5.85. The first kappa shape index (κ1) is 15.8. The van der Waals surface area contributed by atoms with E-state index in [9.17, 15) is 4.79 Å². The van der Waals surface area contributed by atoms with Gasteiger partial charge >= 0.3 is 0 Å². The van der Waals surface area contributed by atoms with Gasteiger partial charge in [-0.1, -0.05) is 12.1 Å². The zero-order chi connectivity index (χ0) is 15.2. The Kier molecular flexibility index (Phi) is 5.62. The Labute approximate surface area is 126 Å². The van der Waals surface area contributed by atoms with E-state index >= 15 is 0 Å². The lowest BCUT2D eigenvalue weighted by Gasteiger charge is -2.23. The first-order valence-corrected chi connectivity index (χ1v) is 7.71. The van der Waals surface area contributed by atoms with Crippen LogP contribution < -0.4 is 10.1 Å². The van der Waals surface area contributed by atoms with Gasteiger partial charge in [-0.2, -0.15) is 0 Å². The van der Waals surface area contributed by atoms with Gasteiger partial charge < -0.3 is 14.8 Å². The average Bonchev–Trinajstić information content (AvgIpc) is 2.48. The van der Waals surface area contributed by atoms with E-state index < -0.39 is 0 Å². The molecule has 1 heterocycles. The molecule has 1 aromatic carbocycles. The summed E-state index contributed by atoms with van der Waals surface area (Å²) in [6, 6.07) is 7.92. The van der Waals surface area contributed by atoms with Crippen LogP contribution in [0.3, 0.4) is 0 Å². The summed E-state index contributed by atoms with van der Waals surface area (Å²) in [5.41, 5.74) is 1.09. The lowest BCUT2D eigenvalue weighted by atomic mass is 9.98. The first-order valence-electron chi connectivity index (χ1n) is 7.71. The van der Waals surface area contributed by atoms with Crippen LogP contribution >= 0.6 is 0 Å². The van der Waals surface area contributed by atoms with Crippen molar-refractivity contribution in [3.05, 3.63) is 29.8 Å². The highest BCUT2D eigenvalue weighted by atomic mass is 16.5. The number of hydrogen-bond donors (Lipinski definition) is 1. The van der Waals surface area contributed by atoms with Gasteiger partial charge in [-0.05, 0) is 51.3 Å². The Balaban J connectivity index is 1.90. The molecule has 21 heavy (non-hydrogen) atoms. The summed E-state index contributed by atoms with van der Waals surface area (Å²) in [6.07, 6.45) is 1.81. The van der Waals surface area contributed by atoms with E-state index in [1.165, 1.54) is 0 Å². The molecule has 1 fully saturated rings. The van der Waals surface area contributed by atoms with Crippen molar-refractivity contribution in [3.63, 3.8) is 0 Å². The predicted molar refractivity (Wildman–Crippen MR) is 82.3 cm³/mol. The summed E-state index contributed by atoms with van der Waals surface area (Å²) in [5.74, 6) is 1.08. The van der Waals surface area contributed by atoms with Crippen LogP contribution in [0.4, 0.5) is 0 Å². The highest BCUT2D eigenvalue weighted by Gasteiger charge is 2.22. The van der Waals surface area contributed by atoms with Crippen LogP contribution in [-0.4, -0.2) is 25.2 Å². The van der Waals surface area contributed by atoms with Crippen molar-refractivity contribution in [3.8, 4) is 5.75 Å². The third-order valence-corrected chi connectivity index (χ3v) is 3.70. The van der Waals surface area contributed by atoms with Crippen molar-refractivity contribution in [1.82, 2.24) is 5.32 Å². The van der Waals surface area contributed by atoms with Gasteiger partial charge in [-0.15, -0.1) is 0 Å². The van der Waals surface area contributed by atoms with Crippen LogP contribution in [-0.2, 0) is 9.53 Å². The fraction of sp³-hybridized carbons (Fsp3) is 0.588. The normalized spacial score (nSPS) is 17.5. The lowest BCUT2D eigenvalue weighted by Crippen LogP contribution is -2.35. The fourth-order valence-electron chi connectivity index (χ4n) is 2.48. The zero-order valence-corrected chi connectivity index (χ0v) is 13.1. The first-order chi connectivity index (χ1) is 10.1. The number of amides is 1. The van der Waals surface area contributed by atoms with Crippen molar-refractivity contribution in [2.75, 3.05) is 13.2 Å². The molecule has 4 nitrogen and oxygen atoms in total. The molecular weight excluding hydrogens is 266 g/mol. The lowest BCUT2D eigenvalue weighted by molar-refractivity contribution is -0.128. The average molecular weight is 291 g/mol. The Morgan fingerprint density at radius 2 is 1.81 bits per heavy atom. The molecule has 1 aliphatic rings. The second-order valence-electron chi connectivity index (χ2n) is 5.85. The molecule has 1 amide bonds. The van der Waals surface area contributed by atoms with Gasteiger partial charge in [0.1, 0.15) is 5.75 Å². The third-order valence-electron chi connectivity index (χ3n) is 3.70. The molecule has 2 rings (SSSR count). The maximum atomic E-state index is 12.2. The largest absolute Gasteiger partial charge is 0.491 e. The van der Waals surface area contributed by atoms with E-state index in [1.54, 1.807) is 0 Å². The number of rotatable bonds is 5. The Morgan fingerprint density at radius 3 is 2.38 bits per heavy atom. The topological polar surface area (TPSA) is 47.6 Å². The van der Waals surface area contributed by atoms with Crippen LogP contribution in [0.1, 0.15) is 45.2 Å². The summed E-state index contributed by atoms with van der Waals surface area (Å²) >= 11 is 0. The van der Waals surface area contributed by atoms with Gasteiger partial charge in [0.15, 0.2) is 0 Å². The van der Waals surface area contributed by atoms with E-state index in [4.69, 9.17) is 9.47 Å². The van der Waals surface area contributed by atoms with Gasteiger partial charge in [0, 0.05) is 19.1 Å². The van der Waals surface area contributed by atoms with Crippen molar-refractivity contribution in [1.29, 1.82) is 0 Å². The summed E-state index contributed by atoms with van der Waals surface area (Å²) in [5, 5.41) is 3.09. The Bertz CT molecular complexity index is 450. The number of nitrogens with one attached hydrogen (secondary N) is 1. The van der Waals surface area contributed by atoms with Crippen molar-refractivity contribution in [2.24, 2.45) is 5.92 Å². The van der Waals surface area contributed by atoms with Crippen LogP contribution in [0.15, 0.2) is 24.3 Å². The summed E-state index contributed by atoms with van der Waals surface area (Å²) in [4.78, 5) is 12.2.